The van der Waals surface area contributed by atoms with E-state index in [1.54, 1.807) is 0 Å². The van der Waals surface area contributed by atoms with Crippen LogP contribution in [0.25, 0.3) is 10.9 Å². The largest absolute Gasteiger partial charge is 0.444 e. The van der Waals surface area contributed by atoms with Gasteiger partial charge in [-0.05, 0) is 46.1 Å². The van der Waals surface area contributed by atoms with Gasteiger partial charge < -0.3 is 15.4 Å². The van der Waals surface area contributed by atoms with Crippen LogP contribution in [0.3, 0.4) is 0 Å². The lowest BCUT2D eigenvalue weighted by atomic mass is 10.2. The number of nitrogens with one attached hydrogen (secondary N) is 3. The van der Waals surface area contributed by atoms with E-state index in [2.05, 4.69) is 26.9 Å². The van der Waals surface area contributed by atoms with E-state index in [0.717, 1.165) is 35.9 Å². The van der Waals surface area contributed by atoms with Crippen LogP contribution < -0.4 is 10.6 Å². The highest BCUT2D eigenvalue weighted by molar-refractivity contribution is 5.90. The third-order valence-corrected chi connectivity index (χ3v) is 3.99. The van der Waals surface area contributed by atoms with Crippen molar-refractivity contribution in [2.45, 2.75) is 57.7 Å². The number of ether oxygens (including phenoxy) is 1. The second-order valence-electron chi connectivity index (χ2n) is 7.14. The van der Waals surface area contributed by atoms with Crippen LogP contribution >= 0.6 is 0 Å². The molecule has 1 saturated carbocycles. The van der Waals surface area contributed by atoms with Crippen molar-refractivity contribution >= 4 is 22.7 Å². The fraction of sp³-hybridized carbons (Fsp3) is 0.529. The highest BCUT2D eigenvalue weighted by Gasteiger charge is 2.27. The van der Waals surface area contributed by atoms with Crippen LogP contribution in [0.1, 0.15) is 40.0 Å². The van der Waals surface area contributed by atoms with Crippen molar-refractivity contribution in [2.24, 2.45) is 0 Å². The molecule has 1 amide bonds. The molecule has 3 N–H and O–H groups in total. The van der Waals surface area contributed by atoms with Crippen molar-refractivity contribution in [3.8, 4) is 0 Å². The second kappa shape index (κ2) is 6.10. The molecule has 124 valence electrons. The minimum absolute atomic E-state index is 0.156. The normalized spacial score (nSPS) is 21.3. The predicted molar refractivity (Wildman–Crippen MR) is 90.5 cm³/mol. The summed E-state index contributed by atoms with van der Waals surface area (Å²) >= 11 is 0. The van der Waals surface area contributed by atoms with Gasteiger partial charge in [0.25, 0.3) is 0 Å². The van der Waals surface area contributed by atoms with Gasteiger partial charge in [-0.15, -0.1) is 0 Å². The number of anilines is 1. The SMILES string of the molecule is CC(C)(C)OC(=O)NC1CCC(Nc2cccc3cn[nH]c23)C1. The van der Waals surface area contributed by atoms with E-state index in [9.17, 15) is 4.79 Å². The zero-order valence-electron chi connectivity index (χ0n) is 13.8. The van der Waals surface area contributed by atoms with Crippen LogP contribution in [-0.2, 0) is 4.74 Å². The molecule has 2 aromatic rings. The molecular weight excluding hydrogens is 292 g/mol. The molecule has 1 aliphatic carbocycles. The minimum atomic E-state index is -0.462. The van der Waals surface area contributed by atoms with Crippen molar-refractivity contribution in [3.05, 3.63) is 24.4 Å². The lowest BCUT2D eigenvalue weighted by Crippen LogP contribution is -2.38. The number of nitrogens with zero attached hydrogens (tertiary/aromatic N) is 1. The number of hydrogen-bond donors (Lipinski definition) is 3. The Kier molecular flexibility index (Phi) is 4.15. The summed E-state index contributed by atoms with van der Waals surface area (Å²) in [6.45, 7) is 5.61. The molecule has 6 heteroatoms. The first-order valence-electron chi connectivity index (χ1n) is 8.09. The minimum Gasteiger partial charge on any atom is -0.444 e. The average molecular weight is 316 g/mol. The summed E-state index contributed by atoms with van der Waals surface area (Å²) in [6, 6.07) is 6.60. The predicted octanol–water partition coefficient (Wildman–Crippen LogP) is 3.42. The molecule has 1 aromatic heterocycles. The average Bonchev–Trinajstić information content (AvgIpc) is 3.06. The summed E-state index contributed by atoms with van der Waals surface area (Å²) in [5.74, 6) is 0. The number of para-hydroxylation sites is 1. The maximum Gasteiger partial charge on any atom is 0.407 e. The molecule has 23 heavy (non-hydrogen) atoms. The molecule has 6 nitrogen and oxygen atoms in total. The van der Waals surface area contributed by atoms with Gasteiger partial charge in [0.15, 0.2) is 0 Å². The first-order chi connectivity index (χ1) is 10.9. The van der Waals surface area contributed by atoms with Gasteiger partial charge in [0.1, 0.15) is 5.60 Å². The number of aromatic nitrogens is 2. The molecule has 2 atom stereocenters. The first-order valence-corrected chi connectivity index (χ1v) is 8.09. The molecule has 1 aliphatic rings. The number of H-pyrrole nitrogens is 1. The fourth-order valence-corrected chi connectivity index (χ4v) is 3.03. The molecule has 1 fully saturated rings. The summed E-state index contributed by atoms with van der Waals surface area (Å²) in [5, 5.41) is 14.7. The number of benzene rings is 1. The topological polar surface area (TPSA) is 79.0 Å². The van der Waals surface area contributed by atoms with Gasteiger partial charge in [0, 0.05) is 17.5 Å². The van der Waals surface area contributed by atoms with Gasteiger partial charge in [0.05, 0.1) is 17.4 Å². The van der Waals surface area contributed by atoms with Gasteiger partial charge >= 0.3 is 6.09 Å². The molecule has 3 rings (SSSR count). The molecular formula is C17H24N4O2. The van der Waals surface area contributed by atoms with Crippen LogP contribution in [0.4, 0.5) is 10.5 Å². The molecule has 0 bridgehead atoms. The van der Waals surface area contributed by atoms with Crippen molar-refractivity contribution in [1.29, 1.82) is 0 Å². The van der Waals surface area contributed by atoms with Crippen molar-refractivity contribution in [1.82, 2.24) is 15.5 Å². The number of alkyl carbamates (subject to hydrolysis) is 1. The molecule has 0 spiro atoms. The molecule has 1 heterocycles. The third kappa shape index (κ3) is 3.94. The van der Waals surface area contributed by atoms with Crippen LogP contribution in [0.5, 0.6) is 0 Å². The van der Waals surface area contributed by atoms with Crippen LogP contribution in [0.2, 0.25) is 0 Å². The van der Waals surface area contributed by atoms with Gasteiger partial charge in [-0.3, -0.25) is 5.10 Å². The number of hydrogen-bond acceptors (Lipinski definition) is 4. The Labute approximate surface area is 136 Å². The summed E-state index contributed by atoms with van der Waals surface area (Å²) in [6.07, 6.45) is 4.35. The summed E-state index contributed by atoms with van der Waals surface area (Å²) < 4.78 is 5.32. The van der Waals surface area contributed by atoms with Crippen LogP contribution in [0.15, 0.2) is 24.4 Å². The summed E-state index contributed by atoms with van der Waals surface area (Å²) in [7, 11) is 0. The van der Waals surface area contributed by atoms with E-state index < -0.39 is 5.60 Å². The number of carbonyl (C=O) groups excluding carboxylic acids is 1. The zero-order valence-corrected chi connectivity index (χ0v) is 13.8. The lowest BCUT2D eigenvalue weighted by Gasteiger charge is -2.22. The standard InChI is InChI=1S/C17H24N4O2/c1-17(2,3)23-16(22)20-13-8-7-12(9-13)19-14-6-4-5-11-10-18-21-15(11)14/h4-6,10,12-13,19H,7-9H2,1-3H3,(H,18,21)(H,20,22). The molecule has 0 saturated heterocycles. The molecule has 0 radical (unpaired) electrons. The Morgan fingerprint density at radius 2 is 2.09 bits per heavy atom. The number of rotatable bonds is 3. The van der Waals surface area contributed by atoms with E-state index in [-0.39, 0.29) is 12.1 Å². The van der Waals surface area contributed by atoms with Gasteiger partial charge in [-0.1, -0.05) is 12.1 Å². The summed E-state index contributed by atoms with van der Waals surface area (Å²) in [5.41, 5.74) is 1.62. The van der Waals surface area contributed by atoms with E-state index in [1.807, 2.05) is 39.1 Å². The smallest absolute Gasteiger partial charge is 0.407 e. The Morgan fingerprint density at radius 1 is 1.30 bits per heavy atom. The van der Waals surface area contributed by atoms with Crippen LogP contribution in [-0.4, -0.2) is 34.0 Å². The molecule has 2 unspecified atom stereocenters. The Bertz CT molecular complexity index is 689. The van der Waals surface area contributed by atoms with E-state index in [4.69, 9.17) is 4.74 Å². The third-order valence-electron chi connectivity index (χ3n) is 3.99. The van der Waals surface area contributed by atoms with Gasteiger partial charge in [-0.25, -0.2) is 4.79 Å². The van der Waals surface area contributed by atoms with E-state index in [0.29, 0.717) is 6.04 Å². The summed E-state index contributed by atoms with van der Waals surface area (Å²) in [4.78, 5) is 11.9. The quantitative estimate of drug-likeness (QED) is 0.810. The molecule has 1 aromatic carbocycles. The van der Waals surface area contributed by atoms with Gasteiger partial charge in [-0.2, -0.15) is 5.10 Å². The van der Waals surface area contributed by atoms with Crippen LogP contribution in [0, 0.1) is 0 Å². The Hall–Kier alpha value is -2.24. The maximum atomic E-state index is 11.9. The van der Waals surface area contributed by atoms with Crippen molar-refractivity contribution in [2.75, 3.05) is 5.32 Å². The highest BCUT2D eigenvalue weighted by atomic mass is 16.6. The Morgan fingerprint density at radius 3 is 2.87 bits per heavy atom. The molecule has 0 aliphatic heterocycles. The van der Waals surface area contributed by atoms with Gasteiger partial charge in [0.2, 0.25) is 0 Å². The second-order valence-corrected chi connectivity index (χ2v) is 7.14. The first kappa shape index (κ1) is 15.6. The monoisotopic (exact) mass is 316 g/mol. The number of aromatic amines is 1. The van der Waals surface area contributed by atoms with E-state index in [1.165, 1.54) is 0 Å². The lowest BCUT2D eigenvalue weighted by molar-refractivity contribution is 0.0505. The zero-order chi connectivity index (χ0) is 16.4. The number of amides is 1. The van der Waals surface area contributed by atoms with Crippen molar-refractivity contribution < 1.29 is 9.53 Å². The fourth-order valence-electron chi connectivity index (χ4n) is 3.03. The van der Waals surface area contributed by atoms with E-state index >= 15 is 0 Å². The maximum absolute atomic E-state index is 11.9. The Balaban J connectivity index is 1.56. The van der Waals surface area contributed by atoms with Crippen molar-refractivity contribution in [3.63, 3.8) is 0 Å². The number of carbonyl (C=O) groups is 1. The number of fused-ring (bicyclic) bond motifs is 1. The highest BCUT2D eigenvalue weighted by Crippen LogP contribution is 2.27.